The van der Waals surface area contributed by atoms with Crippen molar-refractivity contribution in [2.45, 2.75) is 4.83 Å². The van der Waals surface area contributed by atoms with Gasteiger partial charge in [-0.25, -0.2) is 0 Å². The van der Waals surface area contributed by atoms with Gasteiger partial charge in [0, 0.05) is 0 Å². The lowest BCUT2D eigenvalue weighted by atomic mass is 10.7. The molecule has 0 rings (SSSR count). The van der Waals surface area contributed by atoms with Crippen molar-refractivity contribution in [1.29, 1.82) is 0 Å². The van der Waals surface area contributed by atoms with E-state index >= 15 is 0 Å². The van der Waals surface area contributed by atoms with E-state index in [4.69, 9.17) is 9.90 Å². The zero-order valence-electron chi connectivity index (χ0n) is 3.33. The average molecular weight is 301 g/mol. The summed E-state index contributed by atoms with van der Waals surface area (Å²) in [5.74, 6) is -2.42. The number of halogens is 4. The van der Waals surface area contributed by atoms with E-state index in [1.807, 2.05) is 0 Å². The normalized spacial score (nSPS) is 9.88. The van der Waals surface area contributed by atoms with E-state index in [0.717, 1.165) is 0 Å². The van der Waals surface area contributed by atoms with Crippen LogP contribution in [0.5, 0.6) is 0 Å². The monoisotopic (exact) mass is 300 g/mol. The zero-order chi connectivity index (χ0) is 6.08. The van der Waals surface area contributed by atoms with Gasteiger partial charge in [-0.15, -0.1) is 0 Å². The first-order valence-corrected chi connectivity index (χ1v) is 2.02. The second-order valence-electron chi connectivity index (χ2n) is 0.785. The molecule has 0 aliphatic carbocycles. The number of carbonyl (C=O) groups is 1. The molecular weight excluding hydrogens is 301 g/mol. The third-order valence-electron chi connectivity index (χ3n) is 0.231. The van der Waals surface area contributed by atoms with Gasteiger partial charge in [0.15, 0.2) is 0 Å². The van der Waals surface area contributed by atoms with Gasteiger partial charge in [-0.2, -0.15) is 8.78 Å². The maximum absolute atomic E-state index is 11.1. The maximum atomic E-state index is 11.1. The molecule has 2 nitrogen and oxygen atoms in total. The molecular formula is C2BrF2IO2-2. The molecule has 0 heterocycles. The van der Waals surface area contributed by atoms with Gasteiger partial charge < -0.3 is 33.9 Å². The van der Waals surface area contributed by atoms with Crippen molar-refractivity contribution in [1.82, 2.24) is 0 Å². The Balaban J connectivity index is 0. The summed E-state index contributed by atoms with van der Waals surface area (Å²) >= 11 is 1.55. The number of carbonyl (C=O) groups excluding carboxylic acids is 1. The predicted octanol–water partition coefficient (Wildman–Crippen LogP) is -3.27. The highest BCUT2D eigenvalue weighted by molar-refractivity contribution is 9.10. The minimum Gasteiger partial charge on any atom is -1.00 e. The first-order valence-electron chi connectivity index (χ1n) is 1.23. The minimum atomic E-state index is -3.88. The highest BCUT2D eigenvalue weighted by atomic mass is 127. The second kappa shape index (κ2) is 3.54. The van der Waals surface area contributed by atoms with Gasteiger partial charge in [0.25, 0.3) is 0 Å². The molecule has 0 aromatic carbocycles. The second-order valence-corrected chi connectivity index (χ2v) is 1.78. The fourth-order valence-corrected chi connectivity index (χ4v) is 0. The smallest absolute Gasteiger partial charge is 0.340 e. The Kier molecular flexibility index (Phi) is 5.03. The van der Waals surface area contributed by atoms with Crippen LogP contribution in [0.1, 0.15) is 0 Å². The Morgan fingerprint density at radius 3 is 1.75 bits per heavy atom. The molecule has 0 saturated heterocycles. The SMILES string of the molecule is O=C([O-])C(F)(F)Br.[I-]. The van der Waals surface area contributed by atoms with Gasteiger partial charge >= 0.3 is 4.83 Å². The first-order chi connectivity index (χ1) is 2.94. The summed E-state index contributed by atoms with van der Waals surface area (Å²) < 4.78 is 22.2. The molecule has 0 atom stereocenters. The quantitative estimate of drug-likeness (QED) is 0.377. The molecule has 0 saturated carbocycles. The van der Waals surface area contributed by atoms with Gasteiger partial charge in [0.05, 0.1) is 0 Å². The number of hydrogen-bond donors (Lipinski definition) is 0. The molecule has 0 radical (unpaired) electrons. The molecule has 0 aliphatic rings. The number of carboxylic acids is 1. The lowest BCUT2D eigenvalue weighted by molar-refractivity contribution is -0.320. The van der Waals surface area contributed by atoms with E-state index in [1.165, 1.54) is 0 Å². The summed E-state index contributed by atoms with van der Waals surface area (Å²) in [6.45, 7) is 0. The molecule has 8 heavy (non-hydrogen) atoms. The van der Waals surface area contributed by atoms with Crippen LogP contribution in [0.15, 0.2) is 0 Å². The van der Waals surface area contributed by atoms with Crippen molar-refractivity contribution in [3.8, 4) is 0 Å². The van der Waals surface area contributed by atoms with Crippen molar-refractivity contribution in [3.63, 3.8) is 0 Å². The van der Waals surface area contributed by atoms with Gasteiger partial charge in [-0.05, 0) is 15.9 Å². The van der Waals surface area contributed by atoms with Crippen LogP contribution >= 0.6 is 15.9 Å². The lowest BCUT2D eigenvalue weighted by Crippen LogP contribution is -3.00. The van der Waals surface area contributed by atoms with Crippen molar-refractivity contribution in [3.05, 3.63) is 0 Å². The number of alkyl halides is 3. The average Bonchev–Trinajstić information content (AvgIpc) is 1.31. The summed E-state index contributed by atoms with van der Waals surface area (Å²) in [6.07, 6.45) is 0. The fraction of sp³-hybridized carbons (Fsp3) is 0.500. The Labute approximate surface area is 69.4 Å². The molecule has 50 valence electrons. The molecule has 0 unspecified atom stereocenters. The summed E-state index contributed by atoms with van der Waals surface area (Å²) in [5, 5.41) is 9.11. The fourth-order valence-electron chi connectivity index (χ4n) is 0. The number of aliphatic carboxylic acids is 1. The van der Waals surface area contributed by atoms with Crippen LogP contribution in [0, 0.1) is 0 Å². The first kappa shape index (κ1) is 11.4. The molecule has 0 aromatic heterocycles. The highest BCUT2D eigenvalue weighted by Gasteiger charge is 2.24. The number of hydrogen-bond acceptors (Lipinski definition) is 2. The maximum Gasteiger partial charge on any atom is 0.340 e. The summed E-state index contributed by atoms with van der Waals surface area (Å²) in [7, 11) is 0. The molecule has 0 N–H and O–H groups in total. The van der Waals surface area contributed by atoms with Crippen LogP contribution in [0.25, 0.3) is 0 Å². The summed E-state index contributed by atoms with van der Waals surface area (Å²) in [6, 6.07) is 0. The Hall–Kier alpha value is 0.540. The van der Waals surface area contributed by atoms with E-state index in [0.29, 0.717) is 0 Å². The van der Waals surface area contributed by atoms with Crippen molar-refractivity contribution in [2.24, 2.45) is 0 Å². The molecule has 0 fully saturated rings. The van der Waals surface area contributed by atoms with Gasteiger partial charge in [0.2, 0.25) is 0 Å². The van der Waals surface area contributed by atoms with E-state index in [1.54, 1.807) is 15.9 Å². The number of rotatable bonds is 1. The van der Waals surface area contributed by atoms with E-state index in [9.17, 15) is 8.78 Å². The Bertz CT molecular complexity index is 90.5. The van der Waals surface area contributed by atoms with Crippen molar-refractivity contribution >= 4 is 21.9 Å². The predicted molar refractivity (Wildman–Crippen MR) is 18.9 cm³/mol. The molecule has 0 amide bonds. The van der Waals surface area contributed by atoms with Gasteiger partial charge in [-0.3, -0.25) is 0 Å². The minimum absolute atomic E-state index is 0. The molecule has 6 heteroatoms. The van der Waals surface area contributed by atoms with Crippen LogP contribution in [0.2, 0.25) is 0 Å². The topological polar surface area (TPSA) is 40.1 Å². The van der Waals surface area contributed by atoms with E-state index in [-0.39, 0.29) is 24.0 Å². The molecule has 0 spiro atoms. The Morgan fingerprint density at radius 1 is 1.62 bits per heavy atom. The largest absolute Gasteiger partial charge is 1.00 e. The zero-order valence-corrected chi connectivity index (χ0v) is 7.07. The van der Waals surface area contributed by atoms with Crippen LogP contribution in [-0.4, -0.2) is 10.8 Å². The van der Waals surface area contributed by atoms with Crippen LogP contribution < -0.4 is 29.1 Å². The van der Waals surface area contributed by atoms with E-state index < -0.39 is 10.8 Å². The molecule has 0 aromatic rings. The number of carboxylic acid groups (broad SMARTS) is 1. The molecule has 0 bridgehead atoms. The third-order valence-corrected chi connectivity index (χ3v) is 0.555. The summed E-state index contributed by atoms with van der Waals surface area (Å²) in [5.41, 5.74) is 0. The van der Waals surface area contributed by atoms with Gasteiger partial charge in [-0.1, -0.05) is 0 Å². The van der Waals surface area contributed by atoms with Crippen LogP contribution in [0.3, 0.4) is 0 Å². The third kappa shape index (κ3) is 4.69. The lowest BCUT2D eigenvalue weighted by Gasteiger charge is -2.06. The highest BCUT2D eigenvalue weighted by Crippen LogP contribution is 2.19. The van der Waals surface area contributed by atoms with Crippen LogP contribution in [0.4, 0.5) is 8.78 Å². The summed E-state index contributed by atoms with van der Waals surface area (Å²) in [4.78, 5) is 5.23. The van der Waals surface area contributed by atoms with Gasteiger partial charge in [0.1, 0.15) is 5.97 Å². The van der Waals surface area contributed by atoms with Crippen LogP contribution in [-0.2, 0) is 4.79 Å². The van der Waals surface area contributed by atoms with Crippen molar-refractivity contribution in [2.75, 3.05) is 0 Å². The standard InChI is InChI=1S/C2HBrF2O2.HI/c3-2(4,5)1(6)7;/h(H,6,7);1H/p-2. The van der Waals surface area contributed by atoms with E-state index in [2.05, 4.69) is 0 Å². The Morgan fingerprint density at radius 2 is 1.75 bits per heavy atom. The van der Waals surface area contributed by atoms with Crippen molar-refractivity contribution < 1.29 is 42.7 Å². The molecule has 0 aliphatic heterocycles.